The molecule has 12 heteroatoms. The molecule has 2 aliphatic heterocycles. The number of aromatic nitrogens is 4. The Hall–Kier alpha value is -2.92. The lowest BCUT2D eigenvalue weighted by Crippen LogP contribution is -2.45. The van der Waals surface area contributed by atoms with Crippen molar-refractivity contribution in [3.8, 4) is 0 Å². The highest BCUT2D eigenvalue weighted by molar-refractivity contribution is 5.85. The minimum absolute atomic E-state index is 0.130. The minimum atomic E-state index is -4.03. The number of hydrogen-bond acceptors (Lipinski definition) is 6. The number of alkyl halides is 4. The molecule has 194 valence electrons. The van der Waals surface area contributed by atoms with E-state index in [0.29, 0.717) is 24.1 Å². The average Bonchev–Trinajstić information content (AvgIpc) is 3.64. The summed E-state index contributed by atoms with van der Waals surface area (Å²) in [5.74, 6) is -7.55. The lowest BCUT2D eigenvalue weighted by molar-refractivity contribution is -0.185. The van der Waals surface area contributed by atoms with E-state index in [1.54, 1.807) is 0 Å². The van der Waals surface area contributed by atoms with Gasteiger partial charge in [0, 0.05) is 55.7 Å². The number of aryl methyl sites for hydroxylation is 1. The SMILES string of the molecule is O=C([C@@H]1CCCN1c1nc2c(c(Nc3cc(C4CC(F)(F)C(F)(F)C4)[nH]n3)n1)CCC2)N1CCCC1. The van der Waals surface area contributed by atoms with Gasteiger partial charge in [0.05, 0.1) is 5.69 Å². The number of halogens is 4. The van der Waals surface area contributed by atoms with E-state index in [1.807, 2.05) is 9.80 Å². The van der Waals surface area contributed by atoms with Gasteiger partial charge in [0.25, 0.3) is 0 Å². The summed E-state index contributed by atoms with van der Waals surface area (Å²) < 4.78 is 54.8. The molecule has 0 unspecified atom stereocenters. The molecule has 1 atom stereocenters. The number of anilines is 3. The molecule has 3 fully saturated rings. The van der Waals surface area contributed by atoms with Gasteiger partial charge in [-0.05, 0) is 44.9 Å². The van der Waals surface area contributed by atoms with Gasteiger partial charge in [-0.2, -0.15) is 27.6 Å². The second kappa shape index (κ2) is 8.58. The Bertz CT molecular complexity index is 1150. The molecule has 4 heterocycles. The molecule has 2 N–H and O–H groups in total. The summed E-state index contributed by atoms with van der Waals surface area (Å²) in [6.07, 6.45) is 4.38. The number of H-pyrrole nitrogens is 1. The van der Waals surface area contributed by atoms with Gasteiger partial charge in [0.1, 0.15) is 11.9 Å². The summed E-state index contributed by atoms with van der Waals surface area (Å²) in [6.45, 7) is 2.28. The molecule has 0 bridgehead atoms. The van der Waals surface area contributed by atoms with Crippen LogP contribution in [0.2, 0.25) is 0 Å². The van der Waals surface area contributed by atoms with Crippen LogP contribution in [-0.4, -0.2) is 68.5 Å². The number of fused-ring (bicyclic) bond motifs is 1. The van der Waals surface area contributed by atoms with E-state index in [2.05, 4.69) is 15.5 Å². The normalized spacial score (nSPS) is 25.1. The van der Waals surface area contributed by atoms with Crippen LogP contribution in [0.5, 0.6) is 0 Å². The minimum Gasteiger partial charge on any atom is -0.341 e. The quantitative estimate of drug-likeness (QED) is 0.591. The molecule has 1 amide bonds. The Morgan fingerprint density at radius 1 is 1.00 bits per heavy atom. The monoisotopic (exact) mass is 507 g/mol. The summed E-state index contributed by atoms with van der Waals surface area (Å²) in [7, 11) is 0. The highest BCUT2D eigenvalue weighted by atomic mass is 19.3. The van der Waals surface area contributed by atoms with Crippen molar-refractivity contribution in [3.05, 3.63) is 23.0 Å². The van der Waals surface area contributed by atoms with Crippen LogP contribution in [0.1, 0.15) is 67.8 Å². The highest BCUT2D eigenvalue weighted by Crippen LogP contribution is 2.53. The lowest BCUT2D eigenvalue weighted by Gasteiger charge is -2.28. The zero-order valence-corrected chi connectivity index (χ0v) is 19.9. The molecular weight excluding hydrogens is 478 g/mol. The molecule has 0 aromatic carbocycles. The summed E-state index contributed by atoms with van der Waals surface area (Å²) in [5, 5.41) is 9.95. The van der Waals surface area contributed by atoms with Crippen LogP contribution in [0.4, 0.5) is 35.1 Å². The molecule has 2 aromatic rings. The van der Waals surface area contributed by atoms with Crippen LogP contribution in [-0.2, 0) is 17.6 Å². The first-order valence-corrected chi connectivity index (χ1v) is 12.7. The number of hydrogen-bond donors (Lipinski definition) is 2. The molecule has 2 saturated heterocycles. The number of nitrogens with zero attached hydrogens (tertiary/aromatic N) is 5. The van der Waals surface area contributed by atoms with Gasteiger partial charge in [-0.3, -0.25) is 9.89 Å². The second-order valence-corrected chi connectivity index (χ2v) is 10.4. The van der Waals surface area contributed by atoms with Crippen molar-refractivity contribution in [3.63, 3.8) is 0 Å². The zero-order valence-electron chi connectivity index (χ0n) is 19.9. The van der Waals surface area contributed by atoms with Crippen LogP contribution in [0.15, 0.2) is 6.07 Å². The molecule has 8 nitrogen and oxygen atoms in total. The van der Waals surface area contributed by atoms with Crippen LogP contribution in [0, 0.1) is 0 Å². The average molecular weight is 508 g/mol. The first-order chi connectivity index (χ1) is 17.2. The Labute approximate surface area is 205 Å². The fraction of sp³-hybridized carbons (Fsp3) is 0.667. The van der Waals surface area contributed by atoms with Crippen molar-refractivity contribution < 1.29 is 22.4 Å². The number of amides is 1. The van der Waals surface area contributed by atoms with Crippen LogP contribution >= 0.6 is 0 Å². The molecule has 36 heavy (non-hydrogen) atoms. The summed E-state index contributed by atoms with van der Waals surface area (Å²) >= 11 is 0. The molecule has 2 aromatic heterocycles. The number of aromatic amines is 1. The Morgan fingerprint density at radius 2 is 1.75 bits per heavy atom. The Balaban J connectivity index is 1.24. The first kappa shape index (κ1) is 23.5. The van der Waals surface area contributed by atoms with Crippen LogP contribution in [0.3, 0.4) is 0 Å². The van der Waals surface area contributed by atoms with Crippen molar-refractivity contribution in [2.75, 3.05) is 29.9 Å². The molecule has 4 aliphatic rings. The summed E-state index contributed by atoms with van der Waals surface area (Å²) in [5.41, 5.74) is 2.13. The number of carbonyl (C=O) groups is 1. The van der Waals surface area contributed by atoms with Crippen molar-refractivity contribution in [2.24, 2.45) is 0 Å². The number of rotatable bonds is 5. The van der Waals surface area contributed by atoms with E-state index in [9.17, 15) is 22.4 Å². The van der Waals surface area contributed by atoms with E-state index in [1.165, 1.54) is 6.07 Å². The van der Waals surface area contributed by atoms with Gasteiger partial charge in [0.2, 0.25) is 11.9 Å². The fourth-order valence-electron chi connectivity index (χ4n) is 6.00. The molecule has 0 spiro atoms. The van der Waals surface area contributed by atoms with Crippen molar-refractivity contribution in [2.45, 2.75) is 81.6 Å². The maximum Gasteiger partial charge on any atom is 0.310 e. The maximum atomic E-state index is 13.7. The molecule has 2 aliphatic carbocycles. The van der Waals surface area contributed by atoms with Gasteiger partial charge in [-0.1, -0.05) is 0 Å². The first-order valence-electron chi connectivity index (χ1n) is 12.7. The second-order valence-electron chi connectivity index (χ2n) is 10.4. The van der Waals surface area contributed by atoms with Gasteiger partial charge in [0.15, 0.2) is 5.82 Å². The van der Waals surface area contributed by atoms with Gasteiger partial charge in [-0.25, -0.2) is 4.98 Å². The van der Waals surface area contributed by atoms with Crippen LogP contribution < -0.4 is 10.2 Å². The lowest BCUT2D eigenvalue weighted by atomic mass is 10.0. The predicted molar refractivity (Wildman–Crippen MR) is 124 cm³/mol. The predicted octanol–water partition coefficient (Wildman–Crippen LogP) is 4.17. The number of likely N-dealkylation sites (tertiary alicyclic amines) is 1. The van der Waals surface area contributed by atoms with Gasteiger partial charge >= 0.3 is 11.8 Å². The van der Waals surface area contributed by atoms with Gasteiger partial charge in [-0.15, -0.1) is 0 Å². The maximum absolute atomic E-state index is 13.7. The third-order valence-electron chi connectivity index (χ3n) is 7.96. The molecule has 6 rings (SSSR count). The smallest absolute Gasteiger partial charge is 0.310 e. The zero-order chi connectivity index (χ0) is 25.1. The van der Waals surface area contributed by atoms with E-state index in [4.69, 9.17) is 9.97 Å². The summed E-state index contributed by atoms with van der Waals surface area (Å²) in [6, 6.07) is 1.22. The van der Waals surface area contributed by atoms with Crippen molar-refractivity contribution in [1.82, 2.24) is 25.1 Å². The highest BCUT2D eigenvalue weighted by Gasteiger charge is 2.63. The summed E-state index contributed by atoms with van der Waals surface area (Å²) in [4.78, 5) is 26.6. The van der Waals surface area contributed by atoms with Crippen molar-refractivity contribution in [1.29, 1.82) is 0 Å². The van der Waals surface area contributed by atoms with Crippen molar-refractivity contribution >= 4 is 23.5 Å². The number of carbonyl (C=O) groups excluding carboxylic acids is 1. The number of nitrogens with one attached hydrogen (secondary N) is 2. The van der Waals surface area contributed by atoms with E-state index in [0.717, 1.165) is 69.3 Å². The molecule has 0 radical (unpaired) electrons. The van der Waals surface area contributed by atoms with Gasteiger partial charge < -0.3 is 15.1 Å². The van der Waals surface area contributed by atoms with E-state index in [-0.39, 0.29) is 17.6 Å². The Morgan fingerprint density at radius 3 is 2.50 bits per heavy atom. The third-order valence-corrected chi connectivity index (χ3v) is 7.96. The largest absolute Gasteiger partial charge is 0.341 e. The van der Waals surface area contributed by atoms with E-state index < -0.39 is 30.6 Å². The third kappa shape index (κ3) is 3.98. The molecular formula is C24H29F4N7O. The molecule has 1 saturated carbocycles. The topological polar surface area (TPSA) is 90.0 Å². The fourth-order valence-corrected chi connectivity index (χ4v) is 6.00. The van der Waals surface area contributed by atoms with E-state index >= 15 is 0 Å². The van der Waals surface area contributed by atoms with Crippen LogP contribution in [0.25, 0.3) is 0 Å². The standard InChI is InChI=1S/C24H29F4N7O/c25-23(26)12-14(13-24(23,27)28)17-11-19(33-32-17)30-20-15-5-3-6-16(15)29-22(31-20)35-10-4-7-18(35)21(36)34-8-1-2-9-34/h11,14,18H,1-10,12-13H2,(H2,29,30,31,32,33)/t18-/m0/s1. The Kier molecular flexibility index (Phi) is 5.60.